The minimum absolute atomic E-state index is 0. The SMILES string of the molecule is O.O=C(O)CN(CCN(CC(=O)O)CC(=O)O)CC(=O)O.[HH].[Na]. The fourth-order valence-corrected chi connectivity index (χ4v) is 1.48. The van der Waals surface area contributed by atoms with E-state index < -0.39 is 50.1 Å². The summed E-state index contributed by atoms with van der Waals surface area (Å²) in [5, 5.41) is 34.5. The Labute approximate surface area is 149 Å². The quantitative estimate of drug-likeness (QED) is 0.283. The molecule has 0 fully saturated rings. The van der Waals surface area contributed by atoms with Crippen LogP contribution in [0.25, 0.3) is 0 Å². The van der Waals surface area contributed by atoms with E-state index in [1.165, 1.54) is 0 Å². The number of nitrogens with zero attached hydrogens (tertiary/aromatic N) is 2. The van der Waals surface area contributed by atoms with Crippen LogP contribution < -0.4 is 0 Å². The van der Waals surface area contributed by atoms with E-state index >= 15 is 0 Å². The average molecular weight is 335 g/mol. The predicted molar refractivity (Wildman–Crippen MR) is 74.9 cm³/mol. The molecule has 22 heavy (non-hydrogen) atoms. The summed E-state index contributed by atoms with van der Waals surface area (Å²) in [5.41, 5.74) is 0. The monoisotopic (exact) mass is 335 g/mol. The van der Waals surface area contributed by atoms with Crippen molar-refractivity contribution >= 4 is 53.4 Å². The van der Waals surface area contributed by atoms with Crippen LogP contribution >= 0.6 is 0 Å². The molecule has 1 radical (unpaired) electrons. The van der Waals surface area contributed by atoms with Gasteiger partial charge in [0.1, 0.15) is 0 Å². The molecule has 0 bridgehead atoms. The van der Waals surface area contributed by atoms with Gasteiger partial charge in [-0.05, 0) is 0 Å². The summed E-state index contributed by atoms with van der Waals surface area (Å²) in [5.74, 6) is -4.91. The van der Waals surface area contributed by atoms with E-state index in [-0.39, 0.29) is 49.5 Å². The van der Waals surface area contributed by atoms with Crippen LogP contribution in [-0.4, -0.2) is 128 Å². The van der Waals surface area contributed by atoms with Crippen molar-refractivity contribution in [2.24, 2.45) is 0 Å². The largest absolute Gasteiger partial charge is 0.480 e. The number of hydrogen-bond donors (Lipinski definition) is 4. The third-order valence-corrected chi connectivity index (χ3v) is 2.17. The molecule has 0 spiro atoms. The van der Waals surface area contributed by atoms with Gasteiger partial charge < -0.3 is 25.9 Å². The van der Waals surface area contributed by atoms with Gasteiger partial charge in [-0.1, -0.05) is 0 Å². The Morgan fingerprint density at radius 3 is 0.955 bits per heavy atom. The van der Waals surface area contributed by atoms with Crippen molar-refractivity contribution < 1.29 is 46.5 Å². The average Bonchev–Trinajstić information content (AvgIpc) is 2.22. The zero-order valence-electron chi connectivity index (χ0n) is 12.1. The van der Waals surface area contributed by atoms with Gasteiger partial charge in [-0.15, -0.1) is 0 Å². The maximum absolute atomic E-state index is 10.6. The van der Waals surface area contributed by atoms with Crippen LogP contribution in [0.3, 0.4) is 0 Å². The minimum Gasteiger partial charge on any atom is -0.480 e. The van der Waals surface area contributed by atoms with E-state index in [1.807, 2.05) is 0 Å². The van der Waals surface area contributed by atoms with Gasteiger partial charge in [-0.3, -0.25) is 29.0 Å². The number of carbonyl (C=O) groups is 4. The molecule has 0 amide bonds. The Balaban J connectivity index is -0.000000602. The summed E-state index contributed by atoms with van der Waals surface area (Å²) >= 11 is 0. The minimum atomic E-state index is -1.23. The van der Waals surface area contributed by atoms with Gasteiger partial charge >= 0.3 is 23.9 Å². The Bertz CT molecular complexity index is 329. The Morgan fingerprint density at radius 2 is 0.818 bits per heavy atom. The van der Waals surface area contributed by atoms with Crippen molar-refractivity contribution in [2.75, 3.05) is 39.3 Å². The van der Waals surface area contributed by atoms with Crippen LogP contribution in [0.15, 0.2) is 0 Å². The van der Waals surface area contributed by atoms with Crippen LogP contribution in [0.4, 0.5) is 0 Å². The summed E-state index contributed by atoms with van der Waals surface area (Å²) in [6, 6.07) is 0. The first-order chi connectivity index (χ1) is 9.20. The van der Waals surface area contributed by atoms with E-state index in [9.17, 15) is 19.2 Å². The van der Waals surface area contributed by atoms with Gasteiger partial charge in [-0.2, -0.15) is 0 Å². The Kier molecular flexibility index (Phi) is 15.7. The normalized spacial score (nSPS) is 9.73. The topological polar surface area (TPSA) is 187 Å². The first kappa shape index (κ1) is 25.7. The van der Waals surface area contributed by atoms with Gasteiger partial charge in [0.05, 0.1) is 26.2 Å². The zero-order valence-corrected chi connectivity index (χ0v) is 14.1. The van der Waals surface area contributed by atoms with Gasteiger partial charge in [0.15, 0.2) is 0 Å². The summed E-state index contributed by atoms with van der Waals surface area (Å²) in [6.07, 6.45) is 0. The molecule has 0 aliphatic heterocycles. The molecule has 0 aliphatic rings. The molecular weight excluding hydrogens is 315 g/mol. The molecule has 0 atom stereocenters. The fraction of sp³-hybridized carbons (Fsp3) is 0.600. The second-order valence-electron chi connectivity index (χ2n) is 4.00. The number of aliphatic carboxylic acids is 4. The molecule has 0 saturated carbocycles. The summed E-state index contributed by atoms with van der Waals surface area (Å²) in [7, 11) is 0. The molecular formula is C10H20N2NaO9. The Morgan fingerprint density at radius 1 is 0.636 bits per heavy atom. The van der Waals surface area contributed by atoms with Crippen molar-refractivity contribution in [3.63, 3.8) is 0 Å². The number of rotatable bonds is 11. The first-order valence-electron chi connectivity index (χ1n) is 5.52. The maximum Gasteiger partial charge on any atom is 0.317 e. The molecule has 0 aromatic rings. The molecule has 0 aromatic heterocycles. The third kappa shape index (κ3) is 15.2. The van der Waals surface area contributed by atoms with Gasteiger partial charge in [0.2, 0.25) is 0 Å². The molecule has 0 rings (SSSR count). The number of carboxylic acid groups (broad SMARTS) is 4. The summed E-state index contributed by atoms with van der Waals surface area (Å²) < 4.78 is 0. The molecule has 0 saturated heterocycles. The first-order valence-corrected chi connectivity index (χ1v) is 5.52. The van der Waals surface area contributed by atoms with Gasteiger partial charge in [0.25, 0.3) is 0 Å². The van der Waals surface area contributed by atoms with E-state index in [4.69, 9.17) is 20.4 Å². The second kappa shape index (κ2) is 13.4. The molecule has 11 nitrogen and oxygen atoms in total. The van der Waals surface area contributed by atoms with Crippen LogP contribution in [0.5, 0.6) is 0 Å². The van der Waals surface area contributed by atoms with E-state index in [0.29, 0.717) is 0 Å². The van der Waals surface area contributed by atoms with Crippen LogP contribution in [-0.2, 0) is 19.2 Å². The zero-order chi connectivity index (χ0) is 15.7. The van der Waals surface area contributed by atoms with Crippen LogP contribution in [0.2, 0.25) is 0 Å². The van der Waals surface area contributed by atoms with Crippen molar-refractivity contribution in [1.82, 2.24) is 9.80 Å². The molecule has 0 heterocycles. The maximum atomic E-state index is 10.6. The van der Waals surface area contributed by atoms with Crippen molar-refractivity contribution in [3.8, 4) is 0 Å². The third-order valence-electron chi connectivity index (χ3n) is 2.17. The fourth-order valence-electron chi connectivity index (χ4n) is 1.48. The van der Waals surface area contributed by atoms with E-state index in [0.717, 1.165) is 9.80 Å². The number of carboxylic acids is 4. The molecule has 0 aromatic carbocycles. The molecule has 6 N–H and O–H groups in total. The van der Waals surface area contributed by atoms with E-state index in [1.54, 1.807) is 0 Å². The van der Waals surface area contributed by atoms with Crippen molar-refractivity contribution in [1.29, 1.82) is 0 Å². The van der Waals surface area contributed by atoms with E-state index in [2.05, 4.69) is 0 Å². The van der Waals surface area contributed by atoms with Crippen LogP contribution in [0, 0.1) is 0 Å². The molecule has 0 aliphatic carbocycles. The standard InChI is InChI=1S/C10H16N2O8.Na.H2O.H2/c13-7(14)3-11(4-8(15)16)1-2-12(5-9(17)18)6-10(19)20;;;/h1-6H2,(H,13,14)(H,15,16)(H,17,18)(H,19,20);;1H2;1H. The van der Waals surface area contributed by atoms with Crippen molar-refractivity contribution in [3.05, 3.63) is 0 Å². The molecule has 125 valence electrons. The molecule has 12 heteroatoms. The Hall–Kier alpha value is -1.24. The second-order valence-corrected chi connectivity index (χ2v) is 4.00. The number of hydrogen-bond acceptors (Lipinski definition) is 6. The summed E-state index contributed by atoms with van der Waals surface area (Å²) in [4.78, 5) is 44.4. The van der Waals surface area contributed by atoms with Crippen molar-refractivity contribution in [2.45, 2.75) is 0 Å². The molecule has 0 unspecified atom stereocenters. The van der Waals surface area contributed by atoms with Gasteiger partial charge in [-0.25, -0.2) is 0 Å². The summed E-state index contributed by atoms with van der Waals surface area (Å²) in [6.45, 7) is -2.25. The van der Waals surface area contributed by atoms with Crippen LogP contribution in [0.1, 0.15) is 1.43 Å². The smallest absolute Gasteiger partial charge is 0.317 e. The van der Waals surface area contributed by atoms with Gasteiger partial charge in [0, 0.05) is 44.1 Å². The predicted octanol–water partition coefficient (Wildman–Crippen LogP) is -3.03.